The average Bonchev–Trinajstić information content (AvgIpc) is 3.24. The molecule has 1 saturated heterocycles. The Morgan fingerprint density at radius 2 is 2.15 bits per heavy atom. The summed E-state index contributed by atoms with van der Waals surface area (Å²) in [4.78, 5) is 23.2. The first-order valence-corrected chi connectivity index (χ1v) is 8.87. The summed E-state index contributed by atoms with van der Waals surface area (Å²) in [6.45, 7) is 2.37. The van der Waals surface area contributed by atoms with Gasteiger partial charge in [0.05, 0.1) is 12.2 Å². The molecule has 1 unspecified atom stereocenters. The van der Waals surface area contributed by atoms with Gasteiger partial charge in [0.15, 0.2) is 5.69 Å². The SMILES string of the molecule is O=C(c1coc(-c2ccccc2)n1)N1CCNCC1COc1cccnc1. The maximum Gasteiger partial charge on any atom is 0.276 e. The van der Waals surface area contributed by atoms with Gasteiger partial charge >= 0.3 is 0 Å². The van der Waals surface area contributed by atoms with Crippen LogP contribution >= 0.6 is 0 Å². The molecule has 1 aromatic carbocycles. The zero-order valence-corrected chi connectivity index (χ0v) is 14.7. The molecular formula is C20H20N4O3. The average molecular weight is 364 g/mol. The van der Waals surface area contributed by atoms with Crippen LogP contribution in [-0.2, 0) is 0 Å². The molecule has 27 heavy (non-hydrogen) atoms. The summed E-state index contributed by atoms with van der Waals surface area (Å²) in [5.41, 5.74) is 1.15. The van der Waals surface area contributed by atoms with Gasteiger partial charge in [-0.1, -0.05) is 18.2 Å². The Bertz CT molecular complexity index is 883. The van der Waals surface area contributed by atoms with E-state index in [1.165, 1.54) is 6.26 Å². The van der Waals surface area contributed by atoms with Gasteiger partial charge in [-0.2, -0.15) is 0 Å². The lowest BCUT2D eigenvalue weighted by Gasteiger charge is -2.35. The van der Waals surface area contributed by atoms with Crippen molar-refractivity contribution in [2.75, 3.05) is 26.2 Å². The quantitative estimate of drug-likeness (QED) is 0.748. The number of pyridine rings is 1. The van der Waals surface area contributed by atoms with Gasteiger partial charge in [0, 0.05) is 31.4 Å². The number of benzene rings is 1. The van der Waals surface area contributed by atoms with Crippen molar-refractivity contribution in [1.82, 2.24) is 20.2 Å². The maximum atomic E-state index is 13.0. The van der Waals surface area contributed by atoms with E-state index in [0.717, 1.165) is 12.1 Å². The topological polar surface area (TPSA) is 80.5 Å². The minimum absolute atomic E-state index is 0.0941. The number of ether oxygens (including phenoxy) is 1. The number of hydrogen-bond donors (Lipinski definition) is 1. The lowest BCUT2D eigenvalue weighted by molar-refractivity contribution is 0.0553. The van der Waals surface area contributed by atoms with Crippen LogP contribution in [0.5, 0.6) is 5.75 Å². The molecule has 138 valence electrons. The highest BCUT2D eigenvalue weighted by molar-refractivity contribution is 5.92. The normalized spacial score (nSPS) is 16.9. The van der Waals surface area contributed by atoms with Crippen molar-refractivity contribution >= 4 is 5.91 Å². The van der Waals surface area contributed by atoms with Gasteiger partial charge in [-0.3, -0.25) is 9.78 Å². The number of rotatable bonds is 5. The summed E-state index contributed by atoms with van der Waals surface area (Å²) < 4.78 is 11.3. The fourth-order valence-electron chi connectivity index (χ4n) is 3.03. The Morgan fingerprint density at radius 1 is 1.26 bits per heavy atom. The van der Waals surface area contributed by atoms with E-state index in [-0.39, 0.29) is 11.9 Å². The number of aromatic nitrogens is 2. The van der Waals surface area contributed by atoms with E-state index in [2.05, 4.69) is 15.3 Å². The highest BCUT2D eigenvalue weighted by atomic mass is 16.5. The van der Waals surface area contributed by atoms with Crippen molar-refractivity contribution in [3.05, 3.63) is 66.8 Å². The molecule has 4 rings (SSSR count). The van der Waals surface area contributed by atoms with E-state index in [9.17, 15) is 4.79 Å². The molecule has 1 aliphatic rings. The molecule has 3 aromatic rings. The molecule has 0 saturated carbocycles. The van der Waals surface area contributed by atoms with Crippen LogP contribution in [0.25, 0.3) is 11.5 Å². The smallest absolute Gasteiger partial charge is 0.276 e. The minimum Gasteiger partial charge on any atom is -0.490 e. The third kappa shape index (κ3) is 3.98. The lowest BCUT2D eigenvalue weighted by atomic mass is 10.2. The molecule has 3 heterocycles. The van der Waals surface area contributed by atoms with Crippen molar-refractivity contribution < 1.29 is 13.9 Å². The molecule has 7 nitrogen and oxygen atoms in total. The predicted molar refractivity (Wildman–Crippen MR) is 99.4 cm³/mol. The first-order valence-electron chi connectivity index (χ1n) is 8.87. The number of nitrogens with one attached hydrogen (secondary N) is 1. The molecule has 0 radical (unpaired) electrons. The second-order valence-corrected chi connectivity index (χ2v) is 6.26. The maximum absolute atomic E-state index is 13.0. The van der Waals surface area contributed by atoms with Crippen molar-refractivity contribution in [2.45, 2.75) is 6.04 Å². The van der Waals surface area contributed by atoms with Crippen molar-refractivity contribution in [3.63, 3.8) is 0 Å². The highest BCUT2D eigenvalue weighted by Crippen LogP contribution is 2.20. The largest absolute Gasteiger partial charge is 0.490 e. The Labute approximate surface area is 157 Å². The molecule has 1 amide bonds. The van der Waals surface area contributed by atoms with Crippen LogP contribution in [0, 0.1) is 0 Å². The van der Waals surface area contributed by atoms with Gasteiger partial charge in [-0.25, -0.2) is 4.98 Å². The van der Waals surface area contributed by atoms with Crippen LogP contribution in [0.4, 0.5) is 0 Å². The van der Waals surface area contributed by atoms with Gasteiger partial charge in [0.25, 0.3) is 5.91 Å². The summed E-state index contributed by atoms with van der Waals surface area (Å²) in [5.74, 6) is 0.975. The number of carbonyl (C=O) groups is 1. The molecule has 1 N–H and O–H groups in total. The fourth-order valence-corrected chi connectivity index (χ4v) is 3.03. The van der Waals surface area contributed by atoms with Gasteiger partial charge in [0.2, 0.25) is 5.89 Å². The Morgan fingerprint density at radius 3 is 2.96 bits per heavy atom. The van der Waals surface area contributed by atoms with Crippen LogP contribution in [0.1, 0.15) is 10.5 Å². The first kappa shape index (κ1) is 17.2. The third-order valence-electron chi connectivity index (χ3n) is 4.43. The van der Waals surface area contributed by atoms with E-state index in [4.69, 9.17) is 9.15 Å². The zero-order valence-electron chi connectivity index (χ0n) is 14.7. The Hall–Kier alpha value is -3.19. The summed E-state index contributed by atoms with van der Waals surface area (Å²) >= 11 is 0. The van der Waals surface area contributed by atoms with Gasteiger partial charge < -0.3 is 19.4 Å². The highest BCUT2D eigenvalue weighted by Gasteiger charge is 2.29. The molecular weight excluding hydrogens is 344 g/mol. The second-order valence-electron chi connectivity index (χ2n) is 6.26. The summed E-state index contributed by atoms with van der Waals surface area (Å²) in [6, 6.07) is 13.1. The summed E-state index contributed by atoms with van der Waals surface area (Å²) in [6.07, 6.45) is 4.78. The van der Waals surface area contributed by atoms with E-state index < -0.39 is 0 Å². The molecule has 7 heteroatoms. The fraction of sp³-hybridized carbons (Fsp3) is 0.250. The van der Waals surface area contributed by atoms with Crippen LogP contribution in [0.3, 0.4) is 0 Å². The Balaban J connectivity index is 1.46. The molecule has 0 aliphatic carbocycles. The predicted octanol–water partition coefficient (Wildman–Crippen LogP) is 2.23. The van der Waals surface area contributed by atoms with E-state index in [1.54, 1.807) is 17.3 Å². The monoisotopic (exact) mass is 364 g/mol. The molecule has 0 bridgehead atoms. The van der Waals surface area contributed by atoms with E-state index in [0.29, 0.717) is 37.0 Å². The van der Waals surface area contributed by atoms with Crippen molar-refractivity contribution in [1.29, 1.82) is 0 Å². The van der Waals surface area contributed by atoms with Crippen molar-refractivity contribution in [2.24, 2.45) is 0 Å². The van der Waals surface area contributed by atoms with Crippen LogP contribution in [0.2, 0.25) is 0 Å². The molecule has 1 atom stereocenters. The van der Waals surface area contributed by atoms with Gasteiger partial charge in [-0.05, 0) is 24.3 Å². The lowest BCUT2D eigenvalue weighted by Crippen LogP contribution is -2.56. The minimum atomic E-state index is -0.151. The van der Waals surface area contributed by atoms with Crippen molar-refractivity contribution in [3.8, 4) is 17.2 Å². The number of piperazine rings is 1. The molecule has 0 spiro atoms. The molecule has 2 aromatic heterocycles. The van der Waals surface area contributed by atoms with Crippen LogP contribution in [-0.4, -0.2) is 53.1 Å². The third-order valence-corrected chi connectivity index (χ3v) is 4.43. The number of oxazole rings is 1. The van der Waals surface area contributed by atoms with Crippen LogP contribution < -0.4 is 10.1 Å². The summed E-state index contributed by atoms with van der Waals surface area (Å²) in [5, 5.41) is 3.31. The number of amides is 1. The van der Waals surface area contributed by atoms with Crippen LogP contribution in [0.15, 0.2) is 65.5 Å². The van der Waals surface area contributed by atoms with Gasteiger partial charge in [-0.15, -0.1) is 0 Å². The first-order chi connectivity index (χ1) is 13.3. The molecule has 1 fully saturated rings. The summed E-state index contributed by atoms with van der Waals surface area (Å²) in [7, 11) is 0. The standard InChI is InChI=1S/C20H20N4O3/c25-20(18-14-27-19(23-18)15-5-2-1-3-6-15)24-10-9-22-11-16(24)13-26-17-7-4-8-21-12-17/h1-8,12,14,16,22H,9-11,13H2. The van der Waals surface area contributed by atoms with E-state index in [1.807, 2.05) is 42.5 Å². The number of hydrogen-bond acceptors (Lipinski definition) is 6. The Kier molecular flexibility index (Phi) is 5.11. The second kappa shape index (κ2) is 8.01. The number of carbonyl (C=O) groups excluding carboxylic acids is 1. The van der Waals surface area contributed by atoms with E-state index >= 15 is 0 Å². The number of nitrogens with zero attached hydrogens (tertiary/aromatic N) is 3. The van der Waals surface area contributed by atoms with Gasteiger partial charge in [0.1, 0.15) is 18.6 Å². The molecule has 1 aliphatic heterocycles. The zero-order chi connectivity index (χ0) is 18.5.